The zero-order chi connectivity index (χ0) is 16.5. The first-order valence-electron chi connectivity index (χ1n) is 8.16. The van der Waals surface area contributed by atoms with Crippen LogP contribution in [0, 0.1) is 5.92 Å². The van der Waals surface area contributed by atoms with Gasteiger partial charge >= 0.3 is 0 Å². The van der Waals surface area contributed by atoms with E-state index in [0.717, 1.165) is 25.2 Å². The zero-order valence-corrected chi connectivity index (χ0v) is 14.3. The van der Waals surface area contributed by atoms with Crippen molar-refractivity contribution in [2.24, 2.45) is 5.92 Å². The Bertz CT molecular complexity index is 791. The molecule has 2 bridgehead atoms. The van der Waals surface area contributed by atoms with E-state index in [1.807, 2.05) is 6.07 Å². The molecule has 2 aliphatic rings. The Hall–Kier alpha value is -2.26. The largest absolute Gasteiger partial charge is 0.354 e. The summed E-state index contributed by atoms with van der Waals surface area (Å²) >= 11 is 0. The normalized spacial score (nSPS) is 24.1. The maximum Gasteiger partial charge on any atom is 0.251 e. The fourth-order valence-corrected chi connectivity index (χ4v) is 3.82. The number of nitrogens with one attached hydrogen (secondary N) is 3. The predicted octanol–water partition coefficient (Wildman–Crippen LogP) is -0.610. The topological polar surface area (TPSA) is 118 Å². The molecular formula is C15H20ClN7O2. The molecule has 3 N–H and O–H groups in total. The molecule has 0 spiro atoms. The monoisotopic (exact) mass is 365 g/mol. The van der Waals surface area contributed by atoms with E-state index in [1.54, 1.807) is 10.6 Å². The van der Waals surface area contributed by atoms with Gasteiger partial charge in [0.2, 0.25) is 5.91 Å². The lowest BCUT2D eigenvalue weighted by Crippen LogP contribution is -2.52. The number of rotatable bonds is 4. The second-order valence-corrected chi connectivity index (χ2v) is 6.32. The van der Waals surface area contributed by atoms with Crippen LogP contribution in [0.5, 0.6) is 0 Å². The van der Waals surface area contributed by atoms with E-state index in [1.165, 1.54) is 6.07 Å². The zero-order valence-electron chi connectivity index (χ0n) is 13.5. The van der Waals surface area contributed by atoms with Crippen molar-refractivity contribution in [2.75, 3.05) is 19.6 Å². The molecule has 2 aromatic heterocycles. The summed E-state index contributed by atoms with van der Waals surface area (Å²) in [6.45, 7) is 2.02. The molecule has 0 unspecified atom stereocenters. The van der Waals surface area contributed by atoms with Gasteiger partial charge in [-0.1, -0.05) is 11.3 Å². The summed E-state index contributed by atoms with van der Waals surface area (Å²) in [5, 5.41) is 19.9. The van der Waals surface area contributed by atoms with Gasteiger partial charge in [-0.3, -0.25) is 14.2 Å². The number of piperidine rings is 1. The minimum Gasteiger partial charge on any atom is -0.354 e. The maximum absolute atomic E-state index is 12.8. The van der Waals surface area contributed by atoms with Gasteiger partial charge in [0.1, 0.15) is 6.04 Å². The highest BCUT2D eigenvalue weighted by molar-refractivity contribution is 5.85. The second-order valence-electron chi connectivity index (χ2n) is 6.32. The van der Waals surface area contributed by atoms with Gasteiger partial charge in [0.25, 0.3) is 5.56 Å². The fourth-order valence-electron chi connectivity index (χ4n) is 3.82. The lowest BCUT2D eigenvalue weighted by Gasteiger charge is -2.42. The Kier molecular flexibility index (Phi) is 5.14. The number of aromatic amines is 1. The Morgan fingerprint density at radius 2 is 2.24 bits per heavy atom. The van der Waals surface area contributed by atoms with E-state index in [9.17, 15) is 9.59 Å². The Morgan fingerprint density at radius 1 is 1.36 bits per heavy atom. The van der Waals surface area contributed by atoms with Crippen molar-refractivity contribution >= 4 is 18.3 Å². The lowest BCUT2D eigenvalue weighted by atomic mass is 9.79. The van der Waals surface area contributed by atoms with E-state index in [-0.39, 0.29) is 29.8 Å². The van der Waals surface area contributed by atoms with Gasteiger partial charge in [0.15, 0.2) is 5.82 Å². The molecule has 9 nitrogen and oxygen atoms in total. The molecule has 4 rings (SSSR count). The molecule has 1 saturated heterocycles. The molecule has 1 amide bonds. The highest BCUT2D eigenvalue weighted by Gasteiger charge is 2.41. The third-order valence-corrected chi connectivity index (χ3v) is 4.85. The van der Waals surface area contributed by atoms with Crippen LogP contribution in [0.4, 0.5) is 0 Å². The first kappa shape index (κ1) is 17.6. The van der Waals surface area contributed by atoms with Crippen molar-refractivity contribution in [1.29, 1.82) is 0 Å². The average Bonchev–Trinajstić information content (AvgIpc) is 3.10. The van der Waals surface area contributed by atoms with Crippen LogP contribution in [0.1, 0.15) is 29.9 Å². The standard InChI is InChI=1S/C15H19N7O2.ClH/c23-13-3-1-2-11-9-6-10(8-16-7-9)14(22(11)13)15(24)17-5-4-12-18-20-21-19-12;/h1-3,9-10,14,16H,4-8H2,(H,17,24)(H,18,19,20,21);1H/t9-,10+,14-;/m1./s1. The van der Waals surface area contributed by atoms with Crippen LogP contribution in [-0.2, 0) is 11.2 Å². The van der Waals surface area contributed by atoms with Crippen molar-refractivity contribution in [1.82, 2.24) is 35.8 Å². The highest BCUT2D eigenvalue weighted by Crippen LogP contribution is 2.38. The number of fused-ring (bicyclic) bond motifs is 4. The number of hydrogen-bond acceptors (Lipinski definition) is 6. The van der Waals surface area contributed by atoms with Crippen LogP contribution in [0.3, 0.4) is 0 Å². The van der Waals surface area contributed by atoms with Crippen molar-refractivity contribution in [3.8, 4) is 0 Å². The van der Waals surface area contributed by atoms with Crippen LogP contribution in [0.2, 0.25) is 0 Å². The van der Waals surface area contributed by atoms with Crippen molar-refractivity contribution in [3.63, 3.8) is 0 Å². The molecule has 0 aromatic carbocycles. The average molecular weight is 366 g/mol. The molecule has 2 aliphatic heterocycles. The van der Waals surface area contributed by atoms with E-state index in [0.29, 0.717) is 24.7 Å². The molecule has 25 heavy (non-hydrogen) atoms. The molecule has 134 valence electrons. The second kappa shape index (κ2) is 7.32. The first-order valence-corrected chi connectivity index (χ1v) is 8.16. The van der Waals surface area contributed by atoms with Crippen LogP contribution in [0.15, 0.2) is 23.0 Å². The number of aromatic nitrogens is 5. The third kappa shape index (κ3) is 3.29. The van der Waals surface area contributed by atoms with Crippen LogP contribution < -0.4 is 16.2 Å². The fraction of sp³-hybridized carbons (Fsp3) is 0.533. The molecule has 4 heterocycles. The molecule has 0 aliphatic carbocycles. The van der Waals surface area contributed by atoms with Gasteiger partial charge in [-0.15, -0.1) is 22.6 Å². The summed E-state index contributed by atoms with van der Waals surface area (Å²) in [6, 6.07) is 4.78. The Labute approximate surface area is 150 Å². The summed E-state index contributed by atoms with van der Waals surface area (Å²) in [5.74, 6) is 0.846. The first-order chi connectivity index (χ1) is 11.7. The molecule has 3 atom stereocenters. The quantitative estimate of drug-likeness (QED) is 0.665. The lowest BCUT2D eigenvalue weighted by molar-refractivity contribution is -0.126. The van der Waals surface area contributed by atoms with E-state index < -0.39 is 6.04 Å². The highest BCUT2D eigenvalue weighted by atomic mass is 35.5. The molecule has 1 fully saturated rings. The van der Waals surface area contributed by atoms with E-state index in [2.05, 4.69) is 31.3 Å². The third-order valence-electron chi connectivity index (χ3n) is 4.85. The summed E-state index contributed by atoms with van der Waals surface area (Å²) in [7, 11) is 0. The SMILES string of the molecule is Cl.O=C(NCCc1nn[nH]n1)[C@H]1[C@@H]2CNC[C@@H](C2)c2cccc(=O)n21. The molecule has 2 aromatic rings. The van der Waals surface area contributed by atoms with E-state index in [4.69, 9.17) is 0 Å². The van der Waals surface area contributed by atoms with Crippen LogP contribution in [0.25, 0.3) is 0 Å². The van der Waals surface area contributed by atoms with Gasteiger partial charge in [0.05, 0.1) is 0 Å². The number of nitrogens with zero attached hydrogens (tertiary/aromatic N) is 4. The Morgan fingerprint density at radius 3 is 3.04 bits per heavy atom. The minimum atomic E-state index is -0.469. The maximum atomic E-state index is 12.8. The van der Waals surface area contributed by atoms with Crippen molar-refractivity contribution < 1.29 is 4.79 Å². The van der Waals surface area contributed by atoms with Gasteiger partial charge in [0, 0.05) is 49.7 Å². The van der Waals surface area contributed by atoms with Gasteiger partial charge in [-0.05, 0) is 12.5 Å². The summed E-state index contributed by atoms with van der Waals surface area (Å²) in [5.41, 5.74) is 0.840. The van der Waals surface area contributed by atoms with Gasteiger partial charge < -0.3 is 10.6 Å². The van der Waals surface area contributed by atoms with Gasteiger partial charge in [-0.25, -0.2) is 0 Å². The smallest absolute Gasteiger partial charge is 0.251 e. The number of carbonyl (C=O) groups is 1. The number of carbonyl (C=O) groups excluding carboxylic acids is 1. The predicted molar refractivity (Wildman–Crippen MR) is 91.6 cm³/mol. The summed E-state index contributed by atoms with van der Waals surface area (Å²) < 4.78 is 1.68. The van der Waals surface area contributed by atoms with Crippen LogP contribution in [-0.4, -0.2) is 50.7 Å². The summed E-state index contributed by atoms with van der Waals surface area (Å²) in [4.78, 5) is 25.2. The van der Waals surface area contributed by atoms with Crippen molar-refractivity contribution in [3.05, 3.63) is 40.1 Å². The number of halogens is 1. The summed E-state index contributed by atoms with van der Waals surface area (Å²) in [6.07, 6.45) is 1.43. The number of H-pyrrole nitrogens is 1. The Balaban J connectivity index is 0.00000182. The number of hydrogen-bond donors (Lipinski definition) is 3. The number of pyridine rings is 1. The number of amides is 1. The number of tetrazole rings is 1. The minimum absolute atomic E-state index is 0. The molecule has 0 saturated carbocycles. The van der Waals surface area contributed by atoms with Crippen LogP contribution >= 0.6 is 12.4 Å². The van der Waals surface area contributed by atoms with E-state index >= 15 is 0 Å². The molecule has 10 heteroatoms. The molecule has 0 radical (unpaired) electrons. The van der Waals surface area contributed by atoms with Gasteiger partial charge in [-0.2, -0.15) is 5.21 Å². The molecular weight excluding hydrogens is 346 g/mol. The van der Waals surface area contributed by atoms with Crippen molar-refractivity contribution in [2.45, 2.75) is 24.8 Å².